The van der Waals surface area contributed by atoms with Gasteiger partial charge in [0.1, 0.15) is 0 Å². The number of sulfone groups is 1. The Balaban J connectivity index is 1.66. The van der Waals surface area contributed by atoms with Crippen molar-refractivity contribution in [3.63, 3.8) is 0 Å². The van der Waals surface area contributed by atoms with E-state index in [9.17, 15) is 8.42 Å². The van der Waals surface area contributed by atoms with E-state index in [0.717, 1.165) is 5.56 Å². The number of aromatic nitrogens is 3. The van der Waals surface area contributed by atoms with Crippen LogP contribution < -0.4 is 0 Å². The summed E-state index contributed by atoms with van der Waals surface area (Å²) in [5, 5.41) is 7.36. The molecule has 29 heavy (non-hydrogen) atoms. The highest BCUT2D eigenvalue weighted by molar-refractivity contribution is 7.91. The van der Waals surface area contributed by atoms with Crippen LogP contribution in [0.3, 0.4) is 0 Å². The van der Waals surface area contributed by atoms with Crippen LogP contribution in [0.5, 0.6) is 0 Å². The summed E-state index contributed by atoms with van der Waals surface area (Å²) in [6.07, 6.45) is 0.630. The maximum atomic E-state index is 12.1. The summed E-state index contributed by atoms with van der Waals surface area (Å²) in [6, 6.07) is 11.5. The van der Waals surface area contributed by atoms with Gasteiger partial charge in [0.15, 0.2) is 20.4 Å². The van der Waals surface area contributed by atoms with E-state index in [0.29, 0.717) is 35.3 Å². The number of benzene rings is 1. The smallest absolute Gasteiger partial charge is 0.199 e. The molecule has 0 spiro atoms. The zero-order valence-electron chi connectivity index (χ0n) is 15.9. The molecule has 2 aromatic heterocycles. The predicted octanol–water partition coefficient (Wildman–Crippen LogP) is 3.98. The number of nitrogens with zero attached hydrogens (tertiary/aromatic N) is 4. The fraction of sp³-hybridized carbons (Fsp3) is 0.368. The molecule has 0 unspecified atom stereocenters. The molecule has 0 amide bonds. The fourth-order valence-corrected chi connectivity index (χ4v) is 6.49. The first-order valence-corrected chi connectivity index (χ1v) is 12.7. The zero-order valence-corrected chi connectivity index (χ0v) is 19.1. The SMILES string of the molecule is Cn1c(-c2ccccc2Cl)nn(CN(Cc2cccs2)[C@H]2CCS(=O)(=O)C2)c1=S. The van der Waals surface area contributed by atoms with Crippen LogP contribution in [0.25, 0.3) is 11.4 Å². The van der Waals surface area contributed by atoms with Crippen molar-refractivity contribution in [1.29, 1.82) is 0 Å². The summed E-state index contributed by atoms with van der Waals surface area (Å²) >= 11 is 13.6. The number of rotatable bonds is 6. The van der Waals surface area contributed by atoms with Gasteiger partial charge in [-0.25, -0.2) is 13.1 Å². The van der Waals surface area contributed by atoms with Crippen molar-refractivity contribution in [2.45, 2.75) is 25.7 Å². The Morgan fingerprint density at radius 1 is 1.31 bits per heavy atom. The molecular weight excluding hydrogens is 448 g/mol. The van der Waals surface area contributed by atoms with Crippen LogP contribution in [-0.2, 0) is 30.1 Å². The Kier molecular flexibility index (Phi) is 5.94. The average molecular weight is 469 g/mol. The van der Waals surface area contributed by atoms with Crippen LogP contribution in [-0.4, -0.2) is 45.2 Å². The standard InChI is InChI=1S/C19H21ClN4O2S3/c1-22-18(16-6-2-3-7-17(16)20)21-24(19(22)27)13-23(11-15-5-4-9-28-15)14-8-10-29(25,26)12-14/h2-7,9,14H,8,10-13H2,1H3/t14-/m0/s1. The third-order valence-corrected chi connectivity index (χ3v) is 8.56. The van der Waals surface area contributed by atoms with Crippen molar-refractivity contribution >= 4 is 45.0 Å². The van der Waals surface area contributed by atoms with Gasteiger partial charge in [0.25, 0.3) is 0 Å². The maximum Gasteiger partial charge on any atom is 0.199 e. The second-order valence-electron chi connectivity index (χ2n) is 7.17. The molecule has 0 radical (unpaired) electrons. The van der Waals surface area contributed by atoms with Gasteiger partial charge >= 0.3 is 0 Å². The maximum absolute atomic E-state index is 12.1. The Hall–Kier alpha value is -1.52. The Labute approximate surface area is 184 Å². The highest BCUT2D eigenvalue weighted by atomic mass is 35.5. The van der Waals surface area contributed by atoms with Gasteiger partial charge in [0.2, 0.25) is 0 Å². The lowest BCUT2D eigenvalue weighted by atomic mass is 10.2. The van der Waals surface area contributed by atoms with Crippen molar-refractivity contribution in [3.05, 3.63) is 56.4 Å². The lowest BCUT2D eigenvalue weighted by molar-refractivity contribution is 0.147. The van der Waals surface area contributed by atoms with Crippen LogP contribution in [0.2, 0.25) is 5.02 Å². The molecule has 1 saturated heterocycles. The molecular formula is C19H21ClN4O2S3. The molecule has 10 heteroatoms. The predicted molar refractivity (Wildman–Crippen MR) is 119 cm³/mol. The van der Waals surface area contributed by atoms with Gasteiger partial charge in [-0.05, 0) is 42.2 Å². The van der Waals surface area contributed by atoms with Crippen molar-refractivity contribution in [2.24, 2.45) is 7.05 Å². The van der Waals surface area contributed by atoms with Gasteiger partial charge in [-0.1, -0.05) is 29.8 Å². The first-order valence-electron chi connectivity index (χ1n) is 9.19. The van der Waals surface area contributed by atoms with Crippen molar-refractivity contribution in [2.75, 3.05) is 11.5 Å². The molecule has 0 saturated carbocycles. The first-order chi connectivity index (χ1) is 13.8. The molecule has 0 bridgehead atoms. The minimum absolute atomic E-state index is 0.0465. The summed E-state index contributed by atoms with van der Waals surface area (Å²) in [4.78, 5) is 3.35. The Morgan fingerprint density at radius 3 is 2.76 bits per heavy atom. The lowest BCUT2D eigenvalue weighted by Crippen LogP contribution is -2.37. The summed E-state index contributed by atoms with van der Waals surface area (Å²) < 4.78 is 28.3. The van der Waals surface area contributed by atoms with Crippen LogP contribution in [0.1, 0.15) is 11.3 Å². The largest absolute Gasteiger partial charge is 0.303 e. The Bertz CT molecular complexity index is 1170. The van der Waals surface area contributed by atoms with Gasteiger partial charge < -0.3 is 4.57 Å². The summed E-state index contributed by atoms with van der Waals surface area (Å²) in [5.74, 6) is 1.10. The summed E-state index contributed by atoms with van der Waals surface area (Å²) in [5.41, 5.74) is 0.815. The molecule has 3 aromatic rings. The molecule has 1 fully saturated rings. The van der Waals surface area contributed by atoms with Gasteiger partial charge in [0, 0.05) is 30.1 Å². The van der Waals surface area contributed by atoms with E-state index >= 15 is 0 Å². The van der Waals surface area contributed by atoms with Crippen LogP contribution >= 0.6 is 35.2 Å². The lowest BCUT2D eigenvalue weighted by Gasteiger charge is -2.27. The zero-order chi connectivity index (χ0) is 20.6. The topological polar surface area (TPSA) is 60.1 Å². The number of hydrogen-bond acceptors (Lipinski definition) is 6. The van der Waals surface area contributed by atoms with Gasteiger partial charge in [-0.3, -0.25) is 4.90 Å². The molecule has 1 aromatic carbocycles. The molecule has 1 aliphatic rings. The van der Waals surface area contributed by atoms with Crippen LogP contribution in [0.4, 0.5) is 0 Å². The third-order valence-electron chi connectivity index (χ3n) is 5.14. The summed E-state index contributed by atoms with van der Waals surface area (Å²) in [6.45, 7) is 1.09. The average Bonchev–Trinajstić information content (AvgIpc) is 3.38. The van der Waals surface area contributed by atoms with E-state index in [1.807, 2.05) is 47.3 Å². The minimum atomic E-state index is -2.99. The van der Waals surface area contributed by atoms with Crippen LogP contribution in [0, 0.1) is 4.77 Å². The molecule has 154 valence electrons. The summed E-state index contributed by atoms with van der Waals surface area (Å²) in [7, 11) is -1.12. The number of thiophene rings is 1. The monoisotopic (exact) mass is 468 g/mol. The molecule has 0 N–H and O–H groups in total. The highest BCUT2D eigenvalue weighted by Gasteiger charge is 2.33. The highest BCUT2D eigenvalue weighted by Crippen LogP contribution is 2.27. The number of hydrogen-bond donors (Lipinski definition) is 0. The second-order valence-corrected chi connectivity index (χ2v) is 11.2. The molecule has 6 nitrogen and oxygen atoms in total. The first kappa shape index (κ1) is 20.7. The van der Waals surface area contributed by atoms with E-state index in [4.69, 9.17) is 28.9 Å². The van der Waals surface area contributed by atoms with E-state index in [1.54, 1.807) is 16.0 Å². The molecule has 4 rings (SSSR count). The molecule has 0 aliphatic carbocycles. The van der Waals surface area contributed by atoms with E-state index in [1.165, 1.54) is 4.88 Å². The van der Waals surface area contributed by atoms with E-state index in [-0.39, 0.29) is 17.5 Å². The quantitative estimate of drug-likeness (QED) is 0.512. The molecule has 3 heterocycles. The van der Waals surface area contributed by atoms with Crippen molar-refractivity contribution < 1.29 is 8.42 Å². The van der Waals surface area contributed by atoms with Gasteiger partial charge in [-0.2, -0.15) is 5.10 Å². The molecule has 1 atom stereocenters. The van der Waals surface area contributed by atoms with E-state index < -0.39 is 9.84 Å². The minimum Gasteiger partial charge on any atom is -0.303 e. The number of halogens is 1. The van der Waals surface area contributed by atoms with Gasteiger partial charge in [0.05, 0.1) is 23.2 Å². The van der Waals surface area contributed by atoms with Gasteiger partial charge in [-0.15, -0.1) is 11.3 Å². The fourth-order valence-electron chi connectivity index (χ4n) is 3.59. The molecule has 1 aliphatic heterocycles. The third kappa shape index (κ3) is 4.49. The van der Waals surface area contributed by atoms with Crippen molar-refractivity contribution in [3.8, 4) is 11.4 Å². The Morgan fingerprint density at radius 2 is 2.10 bits per heavy atom. The normalized spacial score (nSPS) is 18.5. The van der Waals surface area contributed by atoms with Crippen LogP contribution in [0.15, 0.2) is 41.8 Å². The second kappa shape index (κ2) is 8.31. The van der Waals surface area contributed by atoms with Crippen molar-refractivity contribution in [1.82, 2.24) is 19.2 Å². The van der Waals surface area contributed by atoms with E-state index in [2.05, 4.69) is 11.0 Å².